The second-order valence-corrected chi connectivity index (χ2v) is 8.50. The Kier molecular flexibility index (Phi) is 3.31. The summed E-state index contributed by atoms with van der Waals surface area (Å²) < 4.78 is 5.51. The molecule has 0 atom stereocenters. The van der Waals surface area contributed by atoms with Gasteiger partial charge in [0, 0.05) is 18.2 Å². The van der Waals surface area contributed by atoms with Crippen LogP contribution < -0.4 is 5.56 Å². The van der Waals surface area contributed by atoms with Crippen LogP contribution in [-0.4, -0.2) is 39.1 Å². The van der Waals surface area contributed by atoms with Gasteiger partial charge >= 0.3 is 6.09 Å². The lowest BCUT2D eigenvalue weighted by Crippen LogP contribution is -2.42. The van der Waals surface area contributed by atoms with Crippen molar-refractivity contribution < 1.29 is 9.53 Å². The van der Waals surface area contributed by atoms with Crippen molar-refractivity contribution in [3.63, 3.8) is 0 Å². The number of ether oxygens (including phenoxy) is 1. The summed E-state index contributed by atoms with van der Waals surface area (Å²) in [5.41, 5.74) is 1.17. The summed E-state index contributed by atoms with van der Waals surface area (Å²) >= 11 is 0. The summed E-state index contributed by atoms with van der Waals surface area (Å²) in [7, 11) is 0. The number of aromatic nitrogens is 2. The van der Waals surface area contributed by atoms with Crippen molar-refractivity contribution in [2.45, 2.75) is 76.4 Å². The number of carbonyl (C=O) groups is 1. The Labute approximate surface area is 141 Å². The van der Waals surface area contributed by atoms with Crippen LogP contribution in [-0.2, 0) is 23.0 Å². The fourth-order valence-electron chi connectivity index (χ4n) is 4.30. The van der Waals surface area contributed by atoms with Crippen molar-refractivity contribution in [1.29, 1.82) is 0 Å². The molecule has 5 rings (SSSR count). The van der Waals surface area contributed by atoms with Gasteiger partial charge in [-0.2, -0.15) is 0 Å². The SMILES string of the molecule is CC(C)(C)OC(=O)N1CC2(c3nc4c(c(=O)[nH]3)CCCC4)CC1C2. The molecule has 1 aromatic heterocycles. The molecule has 2 aliphatic carbocycles. The highest BCUT2D eigenvalue weighted by molar-refractivity contribution is 5.70. The lowest BCUT2D eigenvalue weighted by molar-refractivity contribution is 0.0246. The second kappa shape index (κ2) is 5.07. The van der Waals surface area contributed by atoms with Crippen LogP contribution in [0.1, 0.15) is 63.5 Å². The Morgan fingerprint density at radius 1 is 1.29 bits per heavy atom. The first-order valence-corrected chi connectivity index (χ1v) is 8.90. The summed E-state index contributed by atoms with van der Waals surface area (Å²) in [5.74, 6) is 0.774. The van der Waals surface area contributed by atoms with Crippen molar-refractivity contribution in [2.24, 2.45) is 0 Å². The van der Waals surface area contributed by atoms with Crippen LogP contribution in [0.3, 0.4) is 0 Å². The molecule has 6 nitrogen and oxygen atoms in total. The Hall–Kier alpha value is -1.85. The van der Waals surface area contributed by atoms with Gasteiger partial charge in [-0.15, -0.1) is 0 Å². The first kappa shape index (κ1) is 15.7. The molecule has 0 aromatic carbocycles. The summed E-state index contributed by atoms with van der Waals surface area (Å²) in [6.45, 7) is 6.23. The van der Waals surface area contributed by atoms with E-state index in [4.69, 9.17) is 9.72 Å². The number of amides is 1. The Balaban J connectivity index is 1.58. The molecular weight excluding hydrogens is 306 g/mol. The minimum atomic E-state index is -0.490. The van der Waals surface area contributed by atoms with E-state index in [1.54, 1.807) is 0 Å². The van der Waals surface area contributed by atoms with E-state index >= 15 is 0 Å². The molecule has 1 N–H and O–H groups in total. The van der Waals surface area contributed by atoms with Crippen molar-refractivity contribution in [3.8, 4) is 0 Å². The molecule has 0 spiro atoms. The first-order chi connectivity index (χ1) is 11.3. The molecule has 0 radical (unpaired) electrons. The number of nitrogens with zero attached hydrogens (tertiary/aromatic N) is 2. The molecule has 6 heteroatoms. The highest BCUT2D eigenvalue weighted by atomic mass is 16.6. The second-order valence-electron chi connectivity index (χ2n) is 8.50. The third-order valence-electron chi connectivity index (χ3n) is 5.49. The molecule has 1 amide bonds. The van der Waals surface area contributed by atoms with E-state index in [9.17, 15) is 9.59 Å². The average molecular weight is 331 g/mol. The number of H-pyrrole nitrogens is 1. The van der Waals surface area contributed by atoms with Crippen LogP contribution in [0.25, 0.3) is 0 Å². The monoisotopic (exact) mass is 331 g/mol. The maximum absolute atomic E-state index is 12.4. The molecule has 2 saturated heterocycles. The van der Waals surface area contributed by atoms with Gasteiger partial charge in [0.1, 0.15) is 11.4 Å². The summed E-state index contributed by atoms with van der Waals surface area (Å²) in [6, 6.07) is 0.209. The zero-order valence-electron chi connectivity index (χ0n) is 14.6. The normalized spacial score (nSPS) is 28.3. The first-order valence-electron chi connectivity index (χ1n) is 8.90. The number of fused-ring (bicyclic) bond motifs is 2. The number of aryl methyl sites for hydroxylation is 1. The van der Waals surface area contributed by atoms with Gasteiger partial charge in [0.25, 0.3) is 5.56 Å². The molecule has 3 fully saturated rings. The molecule has 2 bridgehead atoms. The highest BCUT2D eigenvalue weighted by Gasteiger charge is 2.59. The highest BCUT2D eigenvalue weighted by Crippen LogP contribution is 2.52. The van der Waals surface area contributed by atoms with Gasteiger partial charge in [0.15, 0.2) is 0 Å². The van der Waals surface area contributed by atoms with Crippen LogP contribution in [0, 0.1) is 0 Å². The van der Waals surface area contributed by atoms with E-state index < -0.39 is 5.60 Å². The number of hydrogen-bond acceptors (Lipinski definition) is 4. The summed E-state index contributed by atoms with van der Waals surface area (Å²) in [6.07, 6.45) is 5.37. The summed E-state index contributed by atoms with van der Waals surface area (Å²) in [5, 5.41) is 0. The van der Waals surface area contributed by atoms with Crippen LogP contribution in [0.5, 0.6) is 0 Å². The predicted octanol–water partition coefficient (Wildman–Crippen LogP) is 2.30. The molecule has 1 aromatic rings. The van der Waals surface area contributed by atoms with Crippen LogP contribution in [0.15, 0.2) is 4.79 Å². The zero-order valence-corrected chi connectivity index (χ0v) is 14.6. The maximum Gasteiger partial charge on any atom is 0.410 e. The molecule has 130 valence electrons. The Morgan fingerprint density at radius 2 is 2.00 bits per heavy atom. The smallest absolute Gasteiger partial charge is 0.410 e. The zero-order chi connectivity index (χ0) is 17.1. The standard InChI is InChI=1S/C18H25N3O3/c1-17(2,3)24-16(23)21-10-18(8-11(21)9-18)15-19-13-7-5-4-6-12(13)14(22)20-15/h11H,4-10H2,1-3H3,(H,19,20,22). The van der Waals surface area contributed by atoms with Gasteiger partial charge < -0.3 is 14.6 Å². The fraction of sp³-hybridized carbons (Fsp3) is 0.722. The van der Waals surface area contributed by atoms with E-state index in [-0.39, 0.29) is 23.1 Å². The van der Waals surface area contributed by atoms with Gasteiger partial charge in [0.05, 0.1) is 11.1 Å². The van der Waals surface area contributed by atoms with Gasteiger partial charge in [-0.25, -0.2) is 9.78 Å². The van der Waals surface area contributed by atoms with Crippen LogP contribution in [0.2, 0.25) is 0 Å². The third-order valence-corrected chi connectivity index (χ3v) is 5.49. The quantitative estimate of drug-likeness (QED) is 0.857. The molecule has 2 aliphatic heterocycles. The van der Waals surface area contributed by atoms with E-state index in [0.29, 0.717) is 6.54 Å². The average Bonchev–Trinajstić information content (AvgIpc) is 3.02. The van der Waals surface area contributed by atoms with E-state index in [2.05, 4.69) is 4.98 Å². The lowest BCUT2D eigenvalue weighted by Gasteiger charge is -2.36. The Morgan fingerprint density at radius 3 is 2.71 bits per heavy atom. The van der Waals surface area contributed by atoms with Gasteiger partial charge in [-0.3, -0.25) is 4.79 Å². The molecule has 0 unspecified atom stereocenters. The van der Waals surface area contributed by atoms with Crippen LogP contribution >= 0.6 is 0 Å². The van der Waals surface area contributed by atoms with Crippen molar-refractivity contribution in [2.75, 3.05) is 6.54 Å². The van der Waals surface area contributed by atoms with Crippen molar-refractivity contribution in [1.82, 2.24) is 14.9 Å². The molecule has 4 aliphatic rings. The van der Waals surface area contributed by atoms with Gasteiger partial charge in [0.2, 0.25) is 0 Å². The number of hydrogen-bond donors (Lipinski definition) is 1. The van der Waals surface area contributed by atoms with E-state index in [0.717, 1.165) is 55.6 Å². The largest absolute Gasteiger partial charge is 0.444 e. The third kappa shape index (κ3) is 2.43. The Bertz CT molecular complexity index is 741. The number of nitrogens with one attached hydrogen (secondary N) is 1. The molecule has 1 saturated carbocycles. The van der Waals surface area contributed by atoms with E-state index in [1.807, 2.05) is 25.7 Å². The molecule has 24 heavy (non-hydrogen) atoms. The predicted molar refractivity (Wildman–Crippen MR) is 89.1 cm³/mol. The summed E-state index contributed by atoms with van der Waals surface area (Å²) in [4.78, 5) is 34.4. The van der Waals surface area contributed by atoms with Gasteiger partial charge in [-0.1, -0.05) is 0 Å². The van der Waals surface area contributed by atoms with Crippen molar-refractivity contribution in [3.05, 3.63) is 27.4 Å². The van der Waals surface area contributed by atoms with Crippen LogP contribution in [0.4, 0.5) is 4.79 Å². The topological polar surface area (TPSA) is 75.3 Å². The maximum atomic E-state index is 12.4. The van der Waals surface area contributed by atoms with Gasteiger partial charge in [-0.05, 0) is 59.3 Å². The number of carbonyl (C=O) groups excluding carboxylic acids is 1. The minimum absolute atomic E-state index is 0.0169. The van der Waals surface area contributed by atoms with E-state index in [1.165, 1.54) is 0 Å². The number of rotatable bonds is 1. The lowest BCUT2D eigenvalue weighted by atomic mass is 9.69. The molecular formula is C18H25N3O3. The van der Waals surface area contributed by atoms with Crippen molar-refractivity contribution >= 4 is 6.09 Å². The fourth-order valence-corrected chi connectivity index (χ4v) is 4.30. The minimum Gasteiger partial charge on any atom is -0.444 e. The molecule has 3 heterocycles. The number of aromatic amines is 1.